The van der Waals surface area contributed by atoms with Crippen LogP contribution in [0.3, 0.4) is 0 Å². The molecule has 1 saturated heterocycles. The van der Waals surface area contributed by atoms with E-state index in [0.717, 1.165) is 24.3 Å². The van der Waals surface area contributed by atoms with Crippen LogP contribution in [0.15, 0.2) is 0 Å². The van der Waals surface area contributed by atoms with Gasteiger partial charge in [0.2, 0.25) is 5.91 Å². The summed E-state index contributed by atoms with van der Waals surface area (Å²) in [6, 6.07) is 0.343. The maximum Gasteiger partial charge on any atom is 0.244 e. The quantitative estimate of drug-likeness (QED) is 0.837. The van der Waals surface area contributed by atoms with Crippen molar-refractivity contribution in [2.45, 2.75) is 64.2 Å². The fraction of sp³-hybridized carbons (Fsp3) is 0.923. The number of nitrogens with one attached hydrogen (secondary N) is 1. The van der Waals surface area contributed by atoms with Gasteiger partial charge in [-0.2, -0.15) is 11.8 Å². The minimum Gasteiger partial charge on any atom is -0.322 e. The first-order valence-corrected chi connectivity index (χ1v) is 7.94. The van der Waals surface area contributed by atoms with Gasteiger partial charge in [-0.1, -0.05) is 19.8 Å². The molecule has 17 heavy (non-hydrogen) atoms. The largest absolute Gasteiger partial charge is 0.322 e. The van der Waals surface area contributed by atoms with E-state index in [1.165, 1.54) is 12.8 Å². The molecule has 1 amide bonds. The summed E-state index contributed by atoms with van der Waals surface area (Å²) in [5, 5.41) is 3.55. The number of carbonyl (C=O) groups excluding carboxylic acids is 1. The number of nitrogens with zero attached hydrogens (tertiary/aromatic N) is 1. The second-order valence-electron chi connectivity index (χ2n) is 5.33. The summed E-state index contributed by atoms with van der Waals surface area (Å²) >= 11 is 1.92. The highest BCUT2D eigenvalue weighted by Gasteiger charge is 2.51. The van der Waals surface area contributed by atoms with Gasteiger partial charge < -0.3 is 4.90 Å². The average Bonchev–Trinajstić information content (AvgIpc) is 2.84. The molecule has 0 aromatic carbocycles. The molecule has 2 fully saturated rings. The van der Waals surface area contributed by atoms with Gasteiger partial charge in [-0.05, 0) is 32.4 Å². The summed E-state index contributed by atoms with van der Waals surface area (Å²) in [7, 11) is 0. The van der Waals surface area contributed by atoms with E-state index in [0.29, 0.717) is 11.9 Å². The maximum absolute atomic E-state index is 12.6. The third-order valence-electron chi connectivity index (χ3n) is 4.04. The van der Waals surface area contributed by atoms with E-state index in [1.54, 1.807) is 0 Å². The zero-order chi connectivity index (χ0) is 12.5. The van der Waals surface area contributed by atoms with Crippen LogP contribution in [0, 0.1) is 0 Å². The summed E-state index contributed by atoms with van der Waals surface area (Å²) in [4.78, 5) is 14.7. The first kappa shape index (κ1) is 13.2. The molecule has 1 heterocycles. The van der Waals surface area contributed by atoms with Crippen molar-refractivity contribution in [3.8, 4) is 0 Å². The van der Waals surface area contributed by atoms with E-state index in [-0.39, 0.29) is 11.7 Å². The normalized spacial score (nSPS) is 29.2. The molecule has 0 bridgehead atoms. The number of thioether (sulfide) groups is 1. The summed E-state index contributed by atoms with van der Waals surface area (Å²) in [6.45, 7) is 6.47. The number of hydrogen-bond acceptors (Lipinski definition) is 3. The van der Waals surface area contributed by atoms with Gasteiger partial charge in [-0.15, -0.1) is 0 Å². The molecule has 1 saturated carbocycles. The van der Waals surface area contributed by atoms with E-state index in [4.69, 9.17) is 0 Å². The van der Waals surface area contributed by atoms with Gasteiger partial charge in [0.25, 0.3) is 0 Å². The highest BCUT2D eigenvalue weighted by Crippen LogP contribution is 2.37. The van der Waals surface area contributed by atoms with Crippen molar-refractivity contribution in [2.24, 2.45) is 0 Å². The second-order valence-corrected chi connectivity index (χ2v) is 6.65. The standard InChI is InChI=1S/C13H24N2OS/c1-4-17-9-10(2)15-11(3)14-13(12(15)16)7-5-6-8-13/h10-11,14H,4-9H2,1-3H3. The van der Waals surface area contributed by atoms with Crippen molar-refractivity contribution in [3.63, 3.8) is 0 Å². The Bertz CT molecular complexity index is 289. The first-order chi connectivity index (χ1) is 8.10. The molecule has 1 N–H and O–H groups in total. The Kier molecular flexibility index (Phi) is 4.03. The van der Waals surface area contributed by atoms with Crippen LogP contribution in [0.25, 0.3) is 0 Å². The highest BCUT2D eigenvalue weighted by molar-refractivity contribution is 7.99. The molecule has 2 atom stereocenters. The van der Waals surface area contributed by atoms with Crippen molar-refractivity contribution in [2.75, 3.05) is 11.5 Å². The molecule has 1 spiro atoms. The first-order valence-electron chi connectivity index (χ1n) is 6.79. The SMILES string of the molecule is CCSCC(C)N1C(=O)C2(CCCC2)NC1C. The van der Waals surface area contributed by atoms with Crippen LogP contribution in [0.2, 0.25) is 0 Å². The van der Waals surface area contributed by atoms with E-state index < -0.39 is 0 Å². The lowest BCUT2D eigenvalue weighted by atomic mass is 9.98. The van der Waals surface area contributed by atoms with Gasteiger partial charge in [0.1, 0.15) is 0 Å². The lowest BCUT2D eigenvalue weighted by Gasteiger charge is -2.28. The average molecular weight is 256 g/mol. The topological polar surface area (TPSA) is 32.3 Å². The monoisotopic (exact) mass is 256 g/mol. The molecule has 4 heteroatoms. The molecule has 2 aliphatic rings. The summed E-state index contributed by atoms with van der Waals surface area (Å²) in [5.74, 6) is 2.52. The molecular weight excluding hydrogens is 232 g/mol. The molecule has 2 rings (SSSR count). The van der Waals surface area contributed by atoms with Crippen LogP contribution >= 0.6 is 11.8 Å². The van der Waals surface area contributed by atoms with Crippen molar-refractivity contribution in [1.29, 1.82) is 0 Å². The van der Waals surface area contributed by atoms with Crippen molar-refractivity contribution < 1.29 is 4.79 Å². The summed E-state index contributed by atoms with van der Waals surface area (Å²) < 4.78 is 0. The minimum absolute atomic E-state index is 0.202. The van der Waals surface area contributed by atoms with Crippen LogP contribution in [0.4, 0.5) is 0 Å². The number of amides is 1. The molecule has 1 aliphatic carbocycles. The smallest absolute Gasteiger partial charge is 0.244 e. The molecule has 0 aromatic heterocycles. The van der Waals surface area contributed by atoms with Gasteiger partial charge >= 0.3 is 0 Å². The lowest BCUT2D eigenvalue weighted by Crippen LogP contribution is -2.45. The van der Waals surface area contributed by atoms with Crippen molar-refractivity contribution >= 4 is 17.7 Å². The van der Waals surface area contributed by atoms with E-state index in [2.05, 4.69) is 31.0 Å². The van der Waals surface area contributed by atoms with Gasteiger partial charge in [0.05, 0.1) is 11.7 Å². The lowest BCUT2D eigenvalue weighted by molar-refractivity contribution is -0.134. The molecule has 3 nitrogen and oxygen atoms in total. The summed E-state index contributed by atoms with van der Waals surface area (Å²) in [6.07, 6.45) is 4.64. The molecular formula is C13H24N2OS. The zero-order valence-electron chi connectivity index (χ0n) is 11.2. The fourth-order valence-electron chi connectivity index (χ4n) is 3.24. The number of hydrogen-bond donors (Lipinski definition) is 1. The van der Waals surface area contributed by atoms with Crippen LogP contribution in [0.5, 0.6) is 0 Å². The Morgan fingerprint density at radius 1 is 1.53 bits per heavy atom. The highest BCUT2D eigenvalue weighted by atomic mass is 32.2. The second kappa shape index (κ2) is 5.19. The van der Waals surface area contributed by atoms with Crippen LogP contribution in [-0.4, -0.2) is 40.1 Å². The van der Waals surface area contributed by atoms with Crippen molar-refractivity contribution in [3.05, 3.63) is 0 Å². The molecule has 0 aromatic rings. The van der Waals surface area contributed by atoms with Gasteiger partial charge in [0.15, 0.2) is 0 Å². The maximum atomic E-state index is 12.6. The Hall–Kier alpha value is -0.220. The molecule has 2 unspecified atom stereocenters. The van der Waals surface area contributed by atoms with E-state index in [9.17, 15) is 4.79 Å². The summed E-state index contributed by atoms with van der Waals surface area (Å²) in [5.41, 5.74) is -0.204. The molecule has 1 aliphatic heterocycles. The predicted molar refractivity (Wildman–Crippen MR) is 73.1 cm³/mol. The van der Waals surface area contributed by atoms with E-state index in [1.807, 2.05) is 11.8 Å². The third-order valence-corrected chi connectivity index (χ3v) is 5.17. The van der Waals surface area contributed by atoms with Gasteiger partial charge in [-0.25, -0.2) is 0 Å². The predicted octanol–water partition coefficient (Wildman–Crippen LogP) is 2.22. The van der Waals surface area contributed by atoms with Crippen LogP contribution in [-0.2, 0) is 4.79 Å². The Balaban J connectivity index is 2.05. The third kappa shape index (κ3) is 2.34. The van der Waals surface area contributed by atoms with E-state index >= 15 is 0 Å². The Morgan fingerprint density at radius 2 is 2.18 bits per heavy atom. The minimum atomic E-state index is -0.204. The van der Waals surface area contributed by atoms with Gasteiger partial charge in [0, 0.05) is 11.8 Å². The van der Waals surface area contributed by atoms with Crippen molar-refractivity contribution in [1.82, 2.24) is 10.2 Å². The Labute approximate surface area is 109 Å². The van der Waals surface area contributed by atoms with Gasteiger partial charge in [-0.3, -0.25) is 10.1 Å². The molecule has 98 valence electrons. The fourth-order valence-corrected chi connectivity index (χ4v) is 3.98. The Morgan fingerprint density at radius 3 is 2.76 bits per heavy atom. The molecule has 0 radical (unpaired) electrons. The van der Waals surface area contributed by atoms with Crippen LogP contribution < -0.4 is 5.32 Å². The zero-order valence-corrected chi connectivity index (χ0v) is 12.0. The van der Waals surface area contributed by atoms with Crippen LogP contribution in [0.1, 0.15) is 46.5 Å². The number of carbonyl (C=O) groups is 1. The number of rotatable bonds is 4.